The third-order valence-electron chi connectivity index (χ3n) is 5.08. The molecule has 0 atom stereocenters. The van der Waals surface area contributed by atoms with Gasteiger partial charge in [0.2, 0.25) is 5.91 Å². The largest absolute Gasteiger partial charge is 0.493 e. The van der Waals surface area contributed by atoms with Crippen molar-refractivity contribution in [2.45, 2.75) is 44.6 Å². The van der Waals surface area contributed by atoms with Gasteiger partial charge >= 0.3 is 0 Å². The maximum atomic E-state index is 12.7. The Hall–Kier alpha value is -2.06. The first-order valence-corrected chi connectivity index (χ1v) is 11.0. The van der Waals surface area contributed by atoms with E-state index in [1.807, 2.05) is 12.1 Å². The smallest absolute Gasteiger partial charge is 0.266 e. The molecule has 1 heterocycles. The Kier molecular flexibility index (Phi) is 7.55. The van der Waals surface area contributed by atoms with Gasteiger partial charge in [0.1, 0.15) is 4.32 Å². The summed E-state index contributed by atoms with van der Waals surface area (Å²) in [6.07, 6.45) is 7.32. The molecular weight excluding hydrogens is 408 g/mol. The van der Waals surface area contributed by atoms with Crippen LogP contribution in [0.1, 0.15) is 44.1 Å². The number of carbonyl (C=O) groups excluding carboxylic acids is 2. The minimum absolute atomic E-state index is 0.0585. The monoisotopic (exact) mass is 434 g/mol. The van der Waals surface area contributed by atoms with E-state index in [0.29, 0.717) is 46.2 Å². The number of carbonyl (C=O) groups is 2. The number of thiocarbonyl (C=S) groups is 1. The maximum absolute atomic E-state index is 12.7. The molecule has 6 nitrogen and oxygen atoms in total. The lowest BCUT2D eigenvalue weighted by molar-refractivity contribution is -0.124. The Morgan fingerprint density at radius 2 is 2.00 bits per heavy atom. The zero-order chi connectivity index (χ0) is 20.8. The second kappa shape index (κ2) is 10.1. The van der Waals surface area contributed by atoms with Gasteiger partial charge < -0.3 is 14.8 Å². The molecule has 29 heavy (non-hydrogen) atoms. The van der Waals surface area contributed by atoms with E-state index in [4.69, 9.17) is 21.7 Å². The van der Waals surface area contributed by atoms with Crippen molar-refractivity contribution in [2.24, 2.45) is 0 Å². The first kappa shape index (κ1) is 21.6. The molecule has 8 heteroatoms. The Labute approximate surface area is 181 Å². The van der Waals surface area contributed by atoms with E-state index >= 15 is 0 Å². The summed E-state index contributed by atoms with van der Waals surface area (Å²) in [6.45, 7) is 0.450. The lowest BCUT2D eigenvalue weighted by atomic mass is 10.2. The van der Waals surface area contributed by atoms with Gasteiger partial charge in [-0.2, -0.15) is 0 Å². The summed E-state index contributed by atoms with van der Waals surface area (Å²) in [7, 11) is 3.15. The van der Waals surface area contributed by atoms with Gasteiger partial charge in [0.05, 0.1) is 19.1 Å². The third kappa shape index (κ3) is 5.51. The van der Waals surface area contributed by atoms with Crippen molar-refractivity contribution in [2.75, 3.05) is 20.8 Å². The number of nitrogens with one attached hydrogen (secondary N) is 1. The predicted molar refractivity (Wildman–Crippen MR) is 119 cm³/mol. The molecule has 1 aromatic carbocycles. The van der Waals surface area contributed by atoms with Crippen LogP contribution >= 0.6 is 24.0 Å². The lowest BCUT2D eigenvalue weighted by Crippen LogP contribution is -2.34. The fourth-order valence-corrected chi connectivity index (χ4v) is 4.86. The molecule has 2 amide bonds. The van der Waals surface area contributed by atoms with Crippen LogP contribution < -0.4 is 14.8 Å². The zero-order valence-electron chi connectivity index (χ0n) is 16.7. The van der Waals surface area contributed by atoms with Gasteiger partial charge in [0, 0.05) is 19.0 Å². The van der Waals surface area contributed by atoms with Gasteiger partial charge in [-0.15, -0.1) is 0 Å². The first-order valence-electron chi connectivity index (χ1n) is 9.78. The van der Waals surface area contributed by atoms with E-state index in [9.17, 15) is 9.59 Å². The Balaban J connectivity index is 1.56. The van der Waals surface area contributed by atoms with Crippen molar-refractivity contribution in [3.8, 4) is 11.5 Å². The van der Waals surface area contributed by atoms with Gasteiger partial charge in [-0.3, -0.25) is 14.5 Å². The molecule has 0 spiro atoms. The molecule has 1 N–H and O–H groups in total. The highest BCUT2D eigenvalue weighted by Crippen LogP contribution is 2.34. The number of hydrogen-bond donors (Lipinski definition) is 1. The van der Waals surface area contributed by atoms with Crippen molar-refractivity contribution >= 4 is 46.2 Å². The van der Waals surface area contributed by atoms with Crippen LogP contribution in [0.5, 0.6) is 11.5 Å². The minimum Gasteiger partial charge on any atom is -0.493 e. The lowest BCUT2D eigenvalue weighted by Gasteiger charge is -2.15. The molecule has 1 saturated heterocycles. The van der Waals surface area contributed by atoms with E-state index < -0.39 is 0 Å². The number of ether oxygens (including phenoxy) is 2. The molecular formula is C21H26N2O4S2. The van der Waals surface area contributed by atoms with Gasteiger partial charge in [0.25, 0.3) is 5.91 Å². The summed E-state index contributed by atoms with van der Waals surface area (Å²) in [5.41, 5.74) is 0.832. The summed E-state index contributed by atoms with van der Waals surface area (Å²) >= 11 is 6.66. The molecule has 0 radical (unpaired) electrons. The molecule has 0 bridgehead atoms. The molecule has 1 saturated carbocycles. The van der Waals surface area contributed by atoms with Gasteiger partial charge in [-0.1, -0.05) is 42.9 Å². The van der Waals surface area contributed by atoms with Gasteiger partial charge in [-0.25, -0.2) is 0 Å². The highest BCUT2D eigenvalue weighted by atomic mass is 32.2. The standard InChI is InChI=1S/C21H26N2O4S2/c1-26-16-10-9-14(12-17(16)27-2)13-18-20(25)23(21(28)29-18)11-5-8-19(24)22-15-6-3-4-7-15/h9-10,12-13,15H,3-8,11H2,1-2H3,(H,22,24). The summed E-state index contributed by atoms with van der Waals surface area (Å²) in [6, 6.07) is 5.80. The number of nitrogens with zero attached hydrogens (tertiary/aromatic N) is 1. The second-order valence-electron chi connectivity index (χ2n) is 7.10. The van der Waals surface area contributed by atoms with Gasteiger partial charge in [-0.05, 0) is 43.0 Å². The van der Waals surface area contributed by atoms with E-state index in [2.05, 4.69) is 5.32 Å². The molecule has 2 fully saturated rings. The maximum Gasteiger partial charge on any atom is 0.266 e. The summed E-state index contributed by atoms with van der Waals surface area (Å²) in [5, 5.41) is 3.07. The summed E-state index contributed by atoms with van der Waals surface area (Å²) in [5.74, 6) is 1.17. The molecule has 1 aromatic rings. The van der Waals surface area contributed by atoms with Crippen molar-refractivity contribution in [1.29, 1.82) is 0 Å². The number of thioether (sulfide) groups is 1. The fourth-order valence-electron chi connectivity index (χ4n) is 3.55. The molecule has 1 aliphatic heterocycles. The number of amides is 2. The molecule has 0 unspecified atom stereocenters. The minimum atomic E-state index is -0.119. The van der Waals surface area contributed by atoms with Crippen LogP contribution in [0.2, 0.25) is 0 Å². The molecule has 0 aromatic heterocycles. The van der Waals surface area contributed by atoms with Gasteiger partial charge in [0.15, 0.2) is 11.5 Å². The van der Waals surface area contributed by atoms with Crippen LogP contribution in [0.3, 0.4) is 0 Å². The molecule has 156 valence electrons. The van der Waals surface area contributed by atoms with Crippen LogP contribution in [0.4, 0.5) is 0 Å². The number of benzene rings is 1. The topological polar surface area (TPSA) is 67.9 Å². The molecule has 3 rings (SSSR count). The van der Waals surface area contributed by atoms with E-state index in [1.165, 1.54) is 24.6 Å². The van der Waals surface area contributed by atoms with Crippen LogP contribution in [0.15, 0.2) is 23.1 Å². The van der Waals surface area contributed by atoms with E-state index in [0.717, 1.165) is 18.4 Å². The average molecular weight is 435 g/mol. The van der Waals surface area contributed by atoms with Crippen LogP contribution in [0, 0.1) is 0 Å². The zero-order valence-corrected chi connectivity index (χ0v) is 18.4. The summed E-state index contributed by atoms with van der Waals surface area (Å²) in [4.78, 5) is 27.0. The average Bonchev–Trinajstić information content (AvgIpc) is 3.31. The van der Waals surface area contributed by atoms with Crippen molar-refractivity contribution in [1.82, 2.24) is 10.2 Å². The SMILES string of the molecule is COc1ccc(C=C2SC(=S)N(CCCC(=O)NC3CCCC3)C2=O)cc1OC. The third-order valence-corrected chi connectivity index (χ3v) is 6.46. The van der Waals surface area contributed by atoms with E-state index in [1.54, 1.807) is 31.3 Å². The fraction of sp³-hybridized carbons (Fsp3) is 0.476. The normalized spacial score (nSPS) is 18.6. The number of methoxy groups -OCH3 is 2. The highest BCUT2D eigenvalue weighted by molar-refractivity contribution is 8.26. The van der Waals surface area contributed by atoms with Crippen LogP contribution in [-0.2, 0) is 9.59 Å². The van der Waals surface area contributed by atoms with Crippen molar-refractivity contribution in [3.63, 3.8) is 0 Å². The number of hydrogen-bond acceptors (Lipinski definition) is 6. The van der Waals surface area contributed by atoms with E-state index in [-0.39, 0.29) is 11.8 Å². The molecule has 2 aliphatic rings. The summed E-state index contributed by atoms with van der Waals surface area (Å²) < 4.78 is 11.1. The highest BCUT2D eigenvalue weighted by Gasteiger charge is 2.31. The Morgan fingerprint density at radius 3 is 2.69 bits per heavy atom. The van der Waals surface area contributed by atoms with Crippen LogP contribution in [0.25, 0.3) is 6.08 Å². The Bertz CT molecular complexity index is 819. The molecule has 1 aliphatic carbocycles. The quantitative estimate of drug-likeness (QED) is 0.497. The first-order chi connectivity index (χ1) is 14.0. The van der Waals surface area contributed by atoms with Crippen molar-refractivity contribution in [3.05, 3.63) is 28.7 Å². The second-order valence-corrected chi connectivity index (χ2v) is 8.78. The van der Waals surface area contributed by atoms with Crippen molar-refractivity contribution < 1.29 is 19.1 Å². The predicted octanol–water partition coefficient (Wildman–Crippen LogP) is 3.74. The Morgan fingerprint density at radius 1 is 1.28 bits per heavy atom. The number of rotatable bonds is 8. The van der Waals surface area contributed by atoms with Crippen LogP contribution in [-0.4, -0.2) is 47.8 Å².